The number of carbonyl (C=O) groups is 1. The Hall–Kier alpha value is -1.65. The smallest absolute Gasteiger partial charge is 0.257 e. The predicted octanol–water partition coefficient (Wildman–Crippen LogP) is 3.30. The Kier molecular flexibility index (Phi) is 5.15. The van der Waals surface area contributed by atoms with Gasteiger partial charge < -0.3 is 10.2 Å². The summed E-state index contributed by atoms with van der Waals surface area (Å²) in [6, 6.07) is 1.60. The molecule has 0 aromatic carbocycles. The molecule has 0 unspecified atom stereocenters. The van der Waals surface area contributed by atoms with E-state index in [1.165, 1.54) is 6.07 Å². The van der Waals surface area contributed by atoms with Gasteiger partial charge in [-0.2, -0.15) is 0 Å². The maximum absolute atomic E-state index is 13.5. The molecule has 1 heterocycles. The van der Waals surface area contributed by atoms with E-state index in [1.54, 1.807) is 0 Å². The number of nitrogens with zero attached hydrogens (tertiary/aromatic N) is 2. The summed E-state index contributed by atoms with van der Waals surface area (Å²) in [5, 5.41) is 3.11. The van der Waals surface area contributed by atoms with Crippen LogP contribution >= 0.6 is 0 Å². The van der Waals surface area contributed by atoms with Crippen LogP contribution in [-0.2, 0) is 0 Å². The fraction of sp³-hybridized carbons (Fsp3) is 0.625. The van der Waals surface area contributed by atoms with Gasteiger partial charge in [0.25, 0.3) is 5.91 Å². The van der Waals surface area contributed by atoms with E-state index in [9.17, 15) is 9.18 Å². The first-order chi connectivity index (χ1) is 10.0. The van der Waals surface area contributed by atoms with Crippen molar-refractivity contribution < 1.29 is 9.18 Å². The molecule has 2 rings (SSSR count). The number of rotatable bonds is 7. The molecule has 1 amide bonds. The number of pyridine rings is 1. The summed E-state index contributed by atoms with van der Waals surface area (Å²) < 4.78 is 13.5. The van der Waals surface area contributed by atoms with E-state index in [2.05, 4.69) is 24.1 Å². The lowest BCUT2D eigenvalue weighted by Crippen LogP contribution is -2.36. The highest BCUT2D eigenvalue weighted by Crippen LogP contribution is 2.30. The van der Waals surface area contributed by atoms with E-state index in [0.29, 0.717) is 36.4 Å². The Morgan fingerprint density at radius 3 is 2.81 bits per heavy atom. The molecule has 0 saturated heterocycles. The third-order valence-corrected chi connectivity index (χ3v) is 3.44. The quantitative estimate of drug-likeness (QED) is 0.839. The maximum Gasteiger partial charge on any atom is 0.257 e. The van der Waals surface area contributed by atoms with Crippen LogP contribution in [0.5, 0.6) is 0 Å². The van der Waals surface area contributed by atoms with Gasteiger partial charge in [-0.25, -0.2) is 9.37 Å². The molecule has 0 atom stereocenters. The molecule has 1 aromatic heterocycles. The van der Waals surface area contributed by atoms with E-state index < -0.39 is 5.82 Å². The van der Waals surface area contributed by atoms with Crippen LogP contribution < -0.4 is 5.32 Å². The van der Waals surface area contributed by atoms with Crippen molar-refractivity contribution in [3.05, 3.63) is 23.6 Å². The Balaban J connectivity index is 2.24. The molecule has 1 aliphatic carbocycles. The molecule has 1 saturated carbocycles. The zero-order valence-corrected chi connectivity index (χ0v) is 13.0. The molecule has 0 aliphatic heterocycles. The molecular formula is C16H24FN3O. The summed E-state index contributed by atoms with van der Waals surface area (Å²) in [4.78, 5) is 18.7. The van der Waals surface area contributed by atoms with Crippen molar-refractivity contribution in [3.8, 4) is 0 Å². The zero-order valence-electron chi connectivity index (χ0n) is 13.0. The molecule has 21 heavy (non-hydrogen) atoms. The van der Waals surface area contributed by atoms with Crippen molar-refractivity contribution in [2.45, 2.75) is 46.1 Å². The third-order valence-electron chi connectivity index (χ3n) is 3.44. The average molecular weight is 293 g/mol. The molecule has 1 N–H and O–H groups in total. The minimum absolute atomic E-state index is 0.114. The monoisotopic (exact) mass is 293 g/mol. The highest BCUT2D eigenvalue weighted by molar-refractivity contribution is 5.99. The van der Waals surface area contributed by atoms with Gasteiger partial charge in [0.05, 0.1) is 11.8 Å². The Bertz CT molecular complexity index is 500. The molecule has 5 heteroatoms. The van der Waals surface area contributed by atoms with Gasteiger partial charge in [-0.15, -0.1) is 0 Å². The summed E-state index contributed by atoms with van der Waals surface area (Å²) in [6.45, 7) is 7.62. The molecule has 4 nitrogen and oxygen atoms in total. The first kappa shape index (κ1) is 15.7. The number of aromatic nitrogens is 1. The lowest BCUT2D eigenvalue weighted by molar-refractivity contribution is 0.0722. The minimum atomic E-state index is -0.472. The first-order valence-electron chi connectivity index (χ1n) is 7.73. The number of anilines is 1. The Morgan fingerprint density at radius 1 is 1.52 bits per heavy atom. The van der Waals surface area contributed by atoms with E-state index in [1.807, 2.05) is 11.8 Å². The third kappa shape index (κ3) is 4.16. The molecule has 0 bridgehead atoms. The predicted molar refractivity (Wildman–Crippen MR) is 81.9 cm³/mol. The summed E-state index contributed by atoms with van der Waals surface area (Å²) >= 11 is 0. The Morgan fingerprint density at radius 2 is 2.24 bits per heavy atom. The first-order valence-corrected chi connectivity index (χ1v) is 7.73. The fourth-order valence-electron chi connectivity index (χ4n) is 2.32. The van der Waals surface area contributed by atoms with Gasteiger partial charge in [-0.3, -0.25) is 4.79 Å². The topological polar surface area (TPSA) is 45.2 Å². The van der Waals surface area contributed by atoms with Crippen LogP contribution in [0.3, 0.4) is 0 Å². The minimum Gasteiger partial charge on any atom is -0.369 e. The van der Waals surface area contributed by atoms with Gasteiger partial charge in [0, 0.05) is 19.1 Å². The summed E-state index contributed by atoms with van der Waals surface area (Å²) in [5.74, 6) is 0.290. The lowest BCUT2D eigenvalue weighted by atomic mass is 10.1. The second-order valence-electron chi connectivity index (χ2n) is 6.06. The summed E-state index contributed by atoms with van der Waals surface area (Å²) in [7, 11) is 0. The van der Waals surface area contributed by atoms with Crippen molar-refractivity contribution in [1.82, 2.24) is 9.88 Å². The van der Waals surface area contributed by atoms with Crippen molar-refractivity contribution in [1.29, 1.82) is 0 Å². The second-order valence-corrected chi connectivity index (χ2v) is 6.06. The molecule has 0 spiro atoms. The van der Waals surface area contributed by atoms with Gasteiger partial charge in [-0.05, 0) is 31.2 Å². The van der Waals surface area contributed by atoms with Crippen LogP contribution in [0.15, 0.2) is 12.3 Å². The molecular weight excluding hydrogens is 269 g/mol. The number of hydrogen-bond donors (Lipinski definition) is 1. The van der Waals surface area contributed by atoms with Crippen LogP contribution in [0.4, 0.5) is 10.2 Å². The normalized spacial score (nSPS) is 14.3. The van der Waals surface area contributed by atoms with Gasteiger partial charge in [0.2, 0.25) is 0 Å². The highest BCUT2D eigenvalue weighted by Gasteiger charge is 2.34. The van der Waals surface area contributed by atoms with Crippen LogP contribution in [0.1, 0.15) is 50.4 Å². The summed E-state index contributed by atoms with van der Waals surface area (Å²) in [6.07, 6.45) is 4.15. The van der Waals surface area contributed by atoms with E-state index in [4.69, 9.17) is 0 Å². The van der Waals surface area contributed by atoms with Gasteiger partial charge in [0.15, 0.2) is 0 Å². The maximum atomic E-state index is 13.5. The van der Waals surface area contributed by atoms with Gasteiger partial charge >= 0.3 is 0 Å². The van der Waals surface area contributed by atoms with Crippen LogP contribution in [-0.4, -0.2) is 34.9 Å². The number of hydrogen-bond acceptors (Lipinski definition) is 3. The molecule has 116 valence electrons. The average Bonchev–Trinajstić information content (AvgIpc) is 3.27. The van der Waals surface area contributed by atoms with Crippen molar-refractivity contribution >= 4 is 11.7 Å². The molecule has 1 fully saturated rings. The number of halogens is 1. The number of carbonyl (C=O) groups excluding carboxylic acids is 1. The summed E-state index contributed by atoms with van der Waals surface area (Å²) in [5.41, 5.74) is 0.344. The van der Waals surface area contributed by atoms with E-state index in [-0.39, 0.29) is 5.91 Å². The van der Waals surface area contributed by atoms with E-state index >= 15 is 0 Å². The highest BCUT2D eigenvalue weighted by atomic mass is 19.1. The molecule has 1 aliphatic rings. The largest absolute Gasteiger partial charge is 0.369 e. The standard InChI is InChI=1S/C16H24FN3O/c1-4-7-18-15-14(8-12(17)9-19-15)16(21)20(10-11(2)3)13-5-6-13/h8-9,11,13H,4-7,10H2,1-3H3,(H,18,19). The Labute approximate surface area is 125 Å². The SMILES string of the molecule is CCCNc1ncc(F)cc1C(=O)N(CC(C)C)C1CC1. The lowest BCUT2D eigenvalue weighted by Gasteiger charge is -2.25. The van der Waals surface area contributed by atoms with Crippen molar-refractivity contribution in [2.75, 3.05) is 18.4 Å². The van der Waals surface area contributed by atoms with Crippen LogP contribution in [0.25, 0.3) is 0 Å². The fourth-order valence-corrected chi connectivity index (χ4v) is 2.32. The zero-order chi connectivity index (χ0) is 15.4. The van der Waals surface area contributed by atoms with Crippen molar-refractivity contribution in [3.63, 3.8) is 0 Å². The van der Waals surface area contributed by atoms with Crippen molar-refractivity contribution in [2.24, 2.45) is 5.92 Å². The molecule has 0 radical (unpaired) electrons. The van der Waals surface area contributed by atoms with Gasteiger partial charge in [-0.1, -0.05) is 20.8 Å². The number of nitrogens with one attached hydrogen (secondary N) is 1. The van der Waals surface area contributed by atoms with E-state index in [0.717, 1.165) is 25.5 Å². The van der Waals surface area contributed by atoms with Crippen LogP contribution in [0.2, 0.25) is 0 Å². The van der Waals surface area contributed by atoms with Gasteiger partial charge in [0.1, 0.15) is 11.6 Å². The number of amides is 1. The molecule has 1 aromatic rings. The van der Waals surface area contributed by atoms with Crippen LogP contribution in [0, 0.1) is 11.7 Å². The second kappa shape index (κ2) is 6.87.